The standard InChI is InChI=1S/C16H20O2/c1-2-18-16(17)14-10-5-3-4-7-11-15-12-8-6-9-13-15/h6-14H,2-5H2,1H3/b11-7+,14-10+. The molecule has 0 radical (unpaired) electrons. The van der Waals surface area contributed by atoms with E-state index in [0.29, 0.717) is 6.61 Å². The molecule has 0 aliphatic heterocycles. The number of hydrogen-bond acceptors (Lipinski definition) is 2. The molecule has 0 amide bonds. The molecule has 0 aliphatic carbocycles. The van der Waals surface area contributed by atoms with Gasteiger partial charge in [-0.1, -0.05) is 48.6 Å². The summed E-state index contributed by atoms with van der Waals surface area (Å²) in [5, 5.41) is 0. The fourth-order valence-corrected chi connectivity index (χ4v) is 1.51. The number of esters is 1. The lowest BCUT2D eigenvalue weighted by Crippen LogP contribution is -1.98. The fraction of sp³-hybridized carbons (Fsp3) is 0.312. The molecule has 0 aromatic heterocycles. The Labute approximate surface area is 109 Å². The largest absolute Gasteiger partial charge is 0.463 e. The van der Waals surface area contributed by atoms with E-state index in [1.165, 1.54) is 11.6 Å². The molecule has 1 aromatic carbocycles. The first-order valence-electron chi connectivity index (χ1n) is 6.38. The molecule has 1 aromatic rings. The Kier molecular flexibility index (Phi) is 7.29. The van der Waals surface area contributed by atoms with Crippen molar-refractivity contribution in [2.24, 2.45) is 0 Å². The highest BCUT2D eigenvalue weighted by Crippen LogP contribution is 2.04. The average Bonchev–Trinajstić information content (AvgIpc) is 2.39. The third kappa shape index (κ3) is 6.69. The van der Waals surface area contributed by atoms with E-state index in [1.54, 1.807) is 6.92 Å². The summed E-state index contributed by atoms with van der Waals surface area (Å²) in [4.78, 5) is 11.0. The molecule has 2 nitrogen and oxygen atoms in total. The minimum absolute atomic E-state index is 0.252. The molecular weight excluding hydrogens is 224 g/mol. The van der Waals surface area contributed by atoms with Gasteiger partial charge in [-0.2, -0.15) is 0 Å². The summed E-state index contributed by atoms with van der Waals surface area (Å²) in [6.07, 6.45) is 10.6. The molecule has 2 heteroatoms. The highest BCUT2D eigenvalue weighted by Gasteiger charge is 1.91. The maximum absolute atomic E-state index is 11.0. The van der Waals surface area contributed by atoms with Crippen LogP contribution >= 0.6 is 0 Å². The molecule has 96 valence electrons. The number of hydrogen-bond donors (Lipinski definition) is 0. The number of unbranched alkanes of at least 4 members (excludes halogenated alkanes) is 2. The highest BCUT2D eigenvalue weighted by atomic mass is 16.5. The quantitative estimate of drug-likeness (QED) is 0.412. The lowest BCUT2D eigenvalue weighted by Gasteiger charge is -1.94. The number of ether oxygens (including phenoxy) is 1. The van der Waals surface area contributed by atoms with Crippen LogP contribution in [0.1, 0.15) is 31.7 Å². The van der Waals surface area contributed by atoms with Crippen molar-refractivity contribution < 1.29 is 9.53 Å². The molecule has 18 heavy (non-hydrogen) atoms. The number of allylic oxidation sites excluding steroid dienone is 2. The van der Waals surface area contributed by atoms with Gasteiger partial charge in [-0.3, -0.25) is 0 Å². The number of carbonyl (C=O) groups excluding carboxylic acids is 1. The van der Waals surface area contributed by atoms with Crippen LogP contribution < -0.4 is 0 Å². The summed E-state index contributed by atoms with van der Waals surface area (Å²) >= 11 is 0. The van der Waals surface area contributed by atoms with Gasteiger partial charge < -0.3 is 4.74 Å². The Balaban J connectivity index is 2.12. The fourth-order valence-electron chi connectivity index (χ4n) is 1.51. The maximum Gasteiger partial charge on any atom is 0.330 e. The topological polar surface area (TPSA) is 26.3 Å². The van der Waals surface area contributed by atoms with Gasteiger partial charge in [-0.25, -0.2) is 4.79 Å². The number of carbonyl (C=O) groups is 1. The van der Waals surface area contributed by atoms with Crippen molar-refractivity contribution in [1.29, 1.82) is 0 Å². The molecule has 0 fully saturated rings. The molecule has 0 unspecified atom stereocenters. The molecular formula is C16H20O2. The van der Waals surface area contributed by atoms with E-state index in [2.05, 4.69) is 24.3 Å². The van der Waals surface area contributed by atoms with Crippen LogP contribution in [0.3, 0.4) is 0 Å². The monoisotopic (exact) mass is 244 g/mol. The summed E-state index contributed by atoms with van der Waals surface area (Å²) in [6.45, 7) is 2.24. The van der Waals surface area contributed by atoms with E-state index in [4.69, 9.17) is 4.74 Å². The second-order valence-electron chi connectivity index (χ2n) is 3.90. The first-order chi connectivity index (χ1) is 8.83. The van der Waals surface area contributed by atoms with Crippen molar-refractivity contribution in [3.63, 3.8) is 0 Å². The first-order valence-corrected chi connectivity index (χ1v) is 6.38. The molecule has 0 atom stereocenters. The predicted octanol–water partition coefficient (Wildman–Crippen LogP) is 3.99. The van der Waals surface area contributed by atoms with Crippen LogP contribution in [-0.4, -0.2) is 12.6 Å². The van der Waals surface area contributed by atoms with Crippen molar-refractivity contribution in [2.45, 2.75) is 26.2 Å². The van der Waals surface area contributed by atoms with Gasteiger partial charge in [0, 0.05) is 6.08 Å². The minimum atomic E-state index is -0.252. The Bertz CT molecular complexity index is 391. The summed E-state index contributed by atoms with van der Waals surface area (Å²) in [5.41, 5.74) is 1.22. The van der Waals surface area contributed by atoms with Crippen LogP contribution in [0.4, 0.5) is 0 Å². The van der Waals surface area contributed by atoms with E-state index >= 15 is 0 Å². The van der Waals surface area contributed by atoms with Crippen molar-refractivity contribution in [2.75, 3.05) is 6.61 Å². The summed E-state index contributed by atoms with van der Waals surface area (Å²) in [7, 11) is 0. The molecule has 0 saturated carbocycles. The van der Waals surface area contributed by atoms with Crippen LogP contribution in [0.15, 0.2) is 48.6 Å². The molecule has 0 heterocycles. The van der Waals surface area contributed by atoms with Gasteiger partial charge in [0.05, 0.1) is 6.61 Å². The van der Waals surface area contributed by atoms with Crippen molar-refractivity contribution in [3.05, 3.63) is 54.1 Å². The van der Waals surface area contributed by atoms with Gasteiger partial charge in [-0.05, 0) is 31.7 Å². The zero-order valence-electron chi connectivity index (χ0n) is 10.8. The third-order valence-electron chi connectivity index (χ3n) is 2.39. The van der Waals surface area contributed by atoms with E-state index in [1.807, 2.05) is 24.3 Å². The van der Waals surface area contributed by atoms with Gasteiger partial charge in [0.15, 0.2) is 0 Å². The van der Waals surface area contributed by atoms with Gasteiger partial charge in [0.25, 0.3) is 0 Å². The Morgan fingerprint density at radius 2 is 1.89 bits per heavy atom. The van der Waals surface area contributed by atoms with E-state index in [-0.39, 0.29) is 5.97 Å². The van der Waals surface area contributed by atoms with Crippen molar-refractivity contribution in [3.8, 4) is 0 Å². The average molecular weight is 244 g/mol. The van der Waals surface area contributed by atoms with Gasteiger partial charge in [0.1, 0.15) is 0 Å². The molecule has 0 saturated heterocycles. The molecule has 0 spiro atoms. The van der Waals surface area contributed by atoms with E-state index < -0.39 is 0 Å². The summed E-state index contributed by atoms with van der Waals surface area (Å²) in [6, 6.07) is 10.2. The Morgan fingerprint density at radius 3 is 2.61 bits per heavy atom. The van der Waals surface area contributed by atoms with Crippen LogP contribution in [0.2, 0.25) is 0 Å². The maximum atomic E-state index is 11.0. The second-order valence-corrected chi connectivity index (χ2v) is 3.90. The predicted molar refractivity (Wildman–Crippen MR) is 75.1 cm³/mol. The Hall–Kier alpha value is -1.83. The third-order valence-corrected chi connectivity index (χ3v) is 2.39. The van der Waals surface area contributed by atoms with Crippen LogP contribution in [0, 0.1) is 0 Å². The van der Waals surface area contributed by atoms with Crippen LogP contribution in [-0.2, 0) is 9.53 Å². The van der Waals surface area contributed by atoms with Crippen LogP contribution in [0.25, 0.3) is 6.08 Å². The smallest absolute Gasteiger partial charge is 0.330 e. The van der Waals surface area contributed by atoms with E-state index in [9.17, 15) is 4.79 Å². The zero-order valence-corrected chi connectivity index (χ0v) is 10.8. The number of rotatable bonds is 7. The number of benzene rings is 1. The summed E-state index contributed by atoms with van der Waals surface area (Å²) < 4.78 is 4.79. The first kappa shape index (κ1) is 14.2. The van der Waals surface area contributed by atoms with Crippen LogP contribution in [0.5, 0.6) is 0 Å². The van der Waals surface area contributed by atoms with Crippen molar-refractivity contribution in [1.82, 2.24) is 0 Å². The second kappa shape index (κ2) is 9.23. The molecule has 0 N–H and O–H groups in total. The SMILES string of the molecule is CCOC(=O)/C=C/CCC/C=C/c1ccccc1. The van der Waals surface area contributed by atoms with Gasteiger partial charge >= 0.3 is 5.97 Å². The van der Waals surface area contributed by atoms with E-state index in [0.717, 1.165) is 19.3 Å². The van der Waals surface area contributed by atoms with Crippen molar-refractivity contribution >= 4 is 12.0 Å². The lowest BCUT2D eigenvalue weighted by molar-refractivity contribution is -0.137. The normalized spacial score (nSPS) is 11.2. The van der Waals surface area contributed by atoms with Gasteiger partial charge in [0.2, 0.25) is 0 Å². The summed E-state index contributed by atoms with van der Waals surface area (Å²) in [5.74, 6) is -0.252. The zero-order chi connectivity index (χ0) is 13.1. The highest BCUT2D eigenvalue weighted by molar-refractivity contribution is 5.81. The lowest BCUT2D eigenvalue weighted by atomic mass is 10.1. The molecule has 1 rings (SSSR count). The van der Waals surface area contributed by atoms with Gasteiger partial charge in [-0.15, -0.1) is 0 Å². The Morgan fingerprint density at radius 1 is 1.17 bits per heavy atom. The molecule has 0 bridgehead atoms. The minimum Gasteiger partial charge on any atom is -0.463 e. The molecule has 0 aliphatic rings.